The van der Waals surface area contributed by atoms with E-state index in [0.717, 1.165) is 38.5 Å². The molecule has 0 aromatic heterocycles. The molecule has 2 rings (SSSR count). The Hall–Kier alpha value is -1.79. The molecule has 2 heterocycles. The lowest BCUT2D eigenvalue weighted by Crippen LogP contribution is -2.61. The number of hydrogen-bond acceptors (Lipinski definition) is 14. The third-order valence-electron chi connectivity index (χ3n) is 9.96. The number of carbonyl (C=O) groups is 1. The number of rotatable bonds is 31. The monoisotopic (exact) mass is 803 g/mol. The van der Waals surface area contributed by atoms with E-state index in [9.17, 15) is 40.5 Å². The first-order valence-electron chi connectivity index (χ1n) is 21.1. The van der Waals surface area contributed by atoms with Crippen LogP contribution in [-0.4, -0.2) is 142 Å². The highest BCUT2D eigenvalue weighted by molar-refractivity contribution is 5.69. The van der Waals surface area contributed by atoms with Crippen LogP contribution in [0.15, 0.2) is 36.5 Å². The molecular weight excluding hydrogens is 728 g/mol. The molecule has 11 atom stereocenters. The summed E-state index contributed by atoms with van der Waals surface area (Å²) < 4.78 is 33.3. The zero-order chi connectivity index (χ0) is 41.0. The zero-order valence-electron chi connectivity index (χ0n) is 33.9. The fraction of sp³-hybridized carbons (Fsp3) is 0.833. The maximum atomic E-state index is 12.1. The number of hydrogen-bond donors (Lipinski definition) is 7. The molecule has 0 aromatic carbocycles. The first-order valence-corrected chi connectivity index (χ1v) is 21.1. The fourth-order valence-electron chi connectivity index (χ4n) is 6.38. The van der Waals surface area contributed by atoms with Crippen molar-refractivity contribution in [3.63, 3.8) is 0 Å². The highest BCUT2D eigenvalue weighted by Crippen LogP contribution is 2.26. The highest BCUT2D eigenvalue weighted by Gasteiger charge is 2.47. The Bertz CT molecular complexity index is 1070. The highest BCUT2D eigenvalue weighted by atomic mass is 16.7. The Morgan fingerprint density at radius 1 is 0.589 bits per heavy atom. The van der Waals surface area contributed by atoms with Gasteiger partial charge in [0.2, 0.25) is 0 Å². The molecule has 326 valence electrons. The van der Waals surface area contributed by atoms with Gasteiger partial charge in [-0.25, -0.2) is 0 Å². The zero-order valence-corrected chi connectivity index (χ0v) is 33.9. The average Bonchev–Trinajstić information content (AvgIpc) is 3.20. The van der Waals surface area contributed by atoms with Crippen LogP contribution in [0.25, 0.3) is 0 Å². The molecule has 0 saturated carbocycles. The summed E-state index contributed by atoms with van der Waals surface area (Å²) in [7, 11) is 0. The summed E-state index contributed by atoms with van der Waals surface area (Å²) in [5, 5.41) is 71.1. The predicted molar refractivity (Wildman–Crippen MR) is 210 cm³/mol. The number of allylic oxidation sites excluding steroid dienone is 6. The third-order valence-corrected chi connectivity index (χ3v) is 9.96. The van der Waals surface area contributed by atoms with Crippen LogP contribution in [0.1, 0.15) is 123 Å². The topological polar surface area (TPSA) is 214 Å². The van der Waals surface area contributed by atoms with Gasteiger partial charge in [0.05, 0.1) is 26.4 Å². The van der Waals surface area contributed by atoms with Crippen molar-refractivity contribution in [2.24, 2.45) is 0 Å². The summed E-state index contributed by atoms with van der Waals surface area (Å²) >= 11 is 0. The predicted octanol–water partition coefficient (Wildman–Crippen LogP) is 3.90. The van der Waals surface area contributed by atoms with Crippen LogP contribution in [0.4, 0.5) is 0 Å². The van der Waals surface area contributed by atoms with Crippen molar-refractivity contribution in [1.82, 2.24) is 0 Å². The normalized spacial score (nSPS) is 29.2. The van der Waals surface area contributed by atoms with E-state index in [4.69, 9.17) is 28.4 Å². The molecule has 0 bridgehead atoms. The van der Waals surface area contributed by atoms with E-state index in [2.05, 4.69) is 43.4 Å². The molecule has 2 fully saturated rings. The molecule has 7 N–H and O–H groups in total. The molecule has 2 aliphatic heterocycles. The van der Waals surface area contributed by atoms with Crippen LogP contribution < -0.4 is 0 Å². The van der Waals surface area contributed by atoms with Gasteiger partial charge >= 0.3 is 5.97 Å². The molecule has 56 heavy (non-hydrogen) atoms. The first kappa shape index (κ1) is 50.4. The number of esters is 1. The van der Waals surface area contributed by atoms with E-state index >= 15 is 0 Å². The van der Waals surface area contributed by atoms with E-state index < -0.39 is 86.7 Å². The van der Waals surface area contributed by atoms with Crippen molar-refractivity contribution in [2.75, 3.05) is 33.0 Å². The Labute approximate surface area is 334 Å². The van der Waals surface area contributed by atoms with Crippen molar-refractivity contribution in [3.8, 4) is 0 Å². The molecule has 14 heteroatoms. The average molecular weight is 803 g/mol. The van der Waals surface area contributed by atoms with Crippen molar-refractivity contribution in [1.29, 1.82) is 0 Å². The van der Waals surface area contributed by atoms with Crippen LogP contribution in [0.5, 0.6) is 0 Å². The van der Waals surface area contributed by atoms with Gasteiger partial charge in [0.1, 0.15) is 54.9 Å². The molecule has 14 nitrogen and oxygen atoms in total. The van der Waals surface area contributed by atoms with Crippen molar-refractivity contribution < 1.29 is 69.0 Å². The smallest absolute Gasteiger partial charge is 0.305 e. The molecule has 2 aliphatic rings. The summed E-state index contributed by atoms with van der Waals surface area (Å²) in [6.07, 6.45) is 16.3. The van der Waals surface area contributed by atoms with Gasteiger partial charge in [-0.2, -0.15) is 0 Å². The summed E-state index contributed by atoms with van der Waals surface area (Å²) in [5.74, 6) is -0.470. The van der Waals surface area contributed by atoms with Gasteiger partial charge < -0.3 is 64.2 Å². The number of aliphatic hydroxyl groups is 7. The second kappa shape index (κ2) is 31.2. The number of aliphatic hydroxyl groups excluding tert-OH is 7. The van der Waals surface area contributed by atoms with Crippen LogP contribution in [0.3, 0.4) is 0 Å². The van der Waals surface area contributed by atoms with Crippen LogP contribution in [0.2, 0.25) is 0 Å². The molecule has 0 amide bonds. The van der Waals surface area contributed by atoms with Crippen LogP contribution in [0, 0.1) is 0 Å². The minimum atomic E-state index is -1.70. The maximum absolute atomic E-state index is 12.1. The summed E-state index contributed by atoms with van der Waals surface area (Å²) in [4.78, 5) is 12.1. The van der Waals surface area contributed by atoms with Crippen molar-refractivity contribution in [3.05, 3.63) is 36.5 Å². The maximum Gasteiger partial charge on any atom is 0.305 e. The molecular formula is C42H74O14. The van der Waals surface area contributed by atoms with Gasteiger partial charge in [-0.15, -0.1) is 0 Å². The van der Waals surface area contributed by atoms with E-state index in [1.807, 2.05) is 0 Å². The Kier molecular flexibility index (Phi) is 28.0. The van der Waals surface area contributed by atoms with Gasteiger partial charge in [-0.3, -0.25) is 4.79 Å². The lowest BCUT2D eigenvalue weighted by molar-refractivity contribution is -0.332. The first-order chi connectivity index (χ1) is 27.1. The van der Waals surface area contributed by atoms with Crippen molar-refractivity contribution >= 4 is 5.97 Å². The molecule has 0 spiro atoms. The minimum Gasteiger partial charge on any atom is -0.457 e. The van der Waals surface area contributed by atoms with E-state index in [-0.39, 0.29) is 19.6 Å². The molecule has 0 aliphatic carbocycles. The molecule has 0 radical (unpaired) electrons. The SMILES string of the molecule is CCCCCCC/C=C\C/C=C\C/C=C\CCCCCCCCCOCC(COC1OC(COC2OC(CO)C(O)C(O)C2O)C(O)C(O)C1O)OC(=O)CC. The van der Waals surface area contributed by atoms with Crippen molar-refractivity contribution in [2.45, 2.75) is 191 Å². The third kappa shape index (κ3) is 20.3. The van der Waals surface area contributed by atoms with Gasteiger partial charge in [0.15, 0.2) is 12.6 Å². The van der Waals surface area contributed by atoms with Gasteiger partial charge in [-0.1, -0.05) is 108 Å². The Morgan fingerprint density at radius 2 is 1.09 bits per heavy atom. The summed E-state index contributed by atoms with van der Waals surface area (Å²) in [5.41, 5.74) is 0. The Balaban J connectivity index is 1.59. The van der Waals surface area contributed by atoms with E-state index in [1.165, 1.54) is 64.2 Å². The quantitative estimate of drug-likeness (QED) is 0.0301. The minimum absolute atomic E-state index is 0.0446. The van der Waals surface area contributed by atoms with Crippen LogP contribution >= 0.6 is 0 Å². The Morgan fingerprint density at radius 3 is 1.66 bits per heavy atom. The summed E-state index contributed by atoms with van der Waals surface area (Å²) in [6.45, 7) is 3.04. The second-order valence-corrected chi connectivity index (χ2v) is 14.8. The van der Waals surface area contributed by atoms with E-state index in [1.54, 1.807) is 6.92 Å². The molecule has 0 aromatic rings. The summed E-state index contributed by atoms with van der Waals surface area (Å²) in [6, 6.07) is 0. The van der Waals surface area contributed by atoms with Crippen LogP contribution in [-0.2, 0) is 33.2 Å². The molecule has 11 unspecified atom stereocenters. The van der Waals surface area contributed by atoms with E-state index in [0.29, 0.717) is 6.61 Å². The number of carbonyl (C=O) groups excluding carboxylic acids is 1. The van der Waals surface area contributed by atoms with Gasteiger partial charge in [-0.05, 0) is 44.9 Å². The standard InChI is InChI=1S/C42H74O14/c1-3-5-6-7-8-9-10-11-12-13-14-15-16-17-18-19-20-21-22-23-24-25-26-51-28-31(54-34(44)4-2)29-52-41-40(50)38(48)36(46)33(56-41)30-53-42-39(49)37(47)35(45)32(27-43)55-42/h10-11,13-14,16-17,31-33,35-43,45-50H,3-9,12,15,18-30H2,1-2H3/b11-10-,14-13-,17-16-. The molecule has 2 saturated heterocycles. The van der Waals surface area contributed by atoms with Gasteiger partial charge in [0, 0.05) is 13.0 Å². The van der Waals surface area contributed by atoms with Gasteiger partial charge in [0.25, 0.3) is 0 Å². The second-order valence-electron chi connectivity index (χ2n) is 14.8. The lowest BCUT2D eigenvalue weighted by atomic mass is 9.98. The lowest BCUT2D eigenvalue weighted by Gasteiger charge is -2.42. The fourth-order valence-corrected chi connectivity index (χ4v) is 6.38. The number of unbranched alkanes of at least 4 members (excludes halogenated alkanes) is 12. The number of ether oxygens (including phenoxy) is 6. The largest absolute Gasteiger partial charge is 0.457 e.